The molecule has 0 spiro atoms. The number of methoxy groups -OCH3 is 1. The number of anilines is 1. The Balaban J connectivity index is 1.68. The summed E-state index contributed by atoms with van der Waals surface area (Å²) < 4.78 is 28.6. The van der Waals surface area contributed by atoms with Gasteiger partial charge in [0.2, 0.25) is 11.7 Å². The summed E-state index contributed by atoms with van der Waals surface area (Å²) in [6.07, 6.45) is 0. The van der Waals surface area contributed by atoms with E-state index in [1.165, 1.54) is 19.2 Å². The molecule has 0 atom stereocenters. The van der Waals surface area contributed by atoms with Crippen LogP contribution in [0.25, 0.3) is 0 Å². The van der Waals surface area contributed by atoms with Crippen molar-refractivity contribution in [1.29, 1.82) is 0 Å². The summed E-state index contributed by atoms with van der Waals surface area (Å²) in [5.41, 5.74) is 0.316. The minimum absolute atomic E-state index is 0.0102. The second-order valence-electron chi connectivity index (χ2n) is 5.76. The largest absolute Gasteiger partial charge is 0.494 e. The molecule has 28 heavy (non-hydrogen) atoms. The maximum absolute atomic E-state index is 13.7. The van der Waals surface area contributed by atoms with Gasteiger partial charge >= 0.3 is 5.97 Å². The first-order valence-electron chi connectivity index (χ1n) is 8.26. The van der Waals surface area contributed by atoms with Crippen LogP contribution < -0.4 is 10.1 Å². The topological polar surface area (TPSA) is 90.9 Å². The predicted molar refractivity (Wildman–Crippen MR) is 96.3 cm³/mol. The Morgan fingerprint density at radius 3 is 2.61 bits per heavy atom. The summed E-state index contributed by atoms with van der Waals surface area (Å²) in [6, 6.07) is 12.4. The number of hydrogen-bond acceptors (Lipinski definition) is 7. The highest BCUT2D eigenvalue weighted by Crippen LogP contribution is 2.21. The zero-order chi connectivity index (χ0) is 20.1. The summed E-state index contributed by atoms with van der Waals surface area (Å²) >= 11 is 0. The smallest absolute Gasteiger partial charge is 0.347 e. The van der Waals surface area contributed by atoms with Crippen LogP contribution in [-0.2, 0) is 19.1 Å². The van der Waals surface area contributed by atoms with Crippen LogP contribution in [0.15, 0.2) is 60.0 Å². The maximum Gasteiger partial charge on any atom is 0.347 e. The number of para-hydroxylation sites is 1. The third-order valence-electron chi connectivity index (χ3n) is 3.90. The highest BCUT2D eigenvalue weighted by atomic mass is 19.1. The van der Waals surface area contributed by atoms with Crippen molar-refractivity contribution >= 4 is 23.2 Å². The van der Waals surface area contributed by atoms with E-state index in [9.17, 15) is 18.8 Å². The molecule has 0 unspecified atom stereocenters. The standard InChI is InChI=1S/C20H16FNO6/c1-26-17-8-7-12(9-14(17)21)15(23)10-28-20(25)18-16(24)11-27-19(18)22-13-5-3-2-4-6-13/h2-9,22H,10-11H2,1H3. The molecule has 1 aliphatic heterocycles. The second-order valence-corrected chi connectivity index (χ2v) is 5.76. The van der Waals surface area contributed by atoms with E-state index in [-0.39, 0.29) is 29.4 Å². The van der Waals surface area contributed by atoms with E-state index in [0.29, 0.717) is 5.69 Å². The molecule has 8 heteroatoms. The summed E-state index contributed by atoms with van der Waals surface area (Å²) in [6.45, 7) is -0.961. The van der Waals surface area contributed by atoms with Gasteiger partial charge in [-0.25, -0.2) is 9.18 Å². The van der Waals surface area contributed by atoms with E-state index in [4.69, 9.17) is 14.2 Å². The van der Waals surface area contributed by atoms with Gasteiger partial charge in [0, 0.05) is 11.3 Å². The van der Waals surface area contributed by atoms with Crippen LogP contribution >= 0.6 is 0 Å². The van der Waals surface area contributed by atoms with Crippen molar-refractivity contribution in [3.63, 3.8) is 0 Å². The number of ketones is 2. The molecule has 0 aromatic heterocycles. The molecule has 144 valence electrons. The highest BCUT2D eigenvalue weighted by Gasteiger charge is 2.33. The molecular formula is C20H16FNO6. The lowest BCUT2D eigenvalue weighted by molar-refractivity contribution is -0.139. The van der Waals surface area contributed by atoms with E-state index in [1.807, 2.05) is 6.07 Å². The van der Waals surface area contributed by atoms with Crippen molar-refractivity contribution in [2.45, 2.75) is 0 Å². The maximum atomic E-state index is 13.7. The van der Waals surface area contributed by atoms with Gasteiger partial charge in [0.1, 0.15) is 0 Å². The van der Waals surface area contributed by atoms with E-state index in [0.717, 1.165) is 6.07 Å². The van der Waals surface area contributed by atoms with E-state index in [1.54, 1.807) is 24.3 Å². The Morgan fingerprint density at radius 2 is 1.93 bits per heavy atom. The number of ether oxygens (including phenoxy) is 3. The zero-order valence-electron chi connectivity index (χ0n) is 14.9. The van der Waals surface area contributed by atoms with Crippen LogP contribution in [0.2, 0.25) is 0 Å². The molecule has 0 radical (unpaired) electrons. The number of hydrogen-bond donors (Lipinski definition) is 1. The molecule has 7 nitrogen and oxygen atoms in total. The summed E-state index contributed by atoms with van der Waals surface area (Å²) in [5.74, 6) is -2.95. The van der Waals surface area contributed by atoms with Gasteiger partial charge in [-0.2, -0.15) is 0 Å². The van der Waals surface area contributed by atoms with Gasteiger partial charge in [-0.05, 0) is 30.3 Å². The zero-order valence-corrected chi connectivity index (χ0v) is 14.9. The number of halogens is 1. The normalized spacial score (nSPS) is 13.1. The van der Waals surface area contributed by atoms with E-state index in [2.05, 4.69) is 5.32 Å². The first kappa shape index (κ1) is 19.1. The Hall–Kier alpha value is -3.68. The molecule has 2 aromatic carbocycles. The Kier molecular flexibility index (Phi) is 5.69. The van der Waals surface area contributed by atoms with E-state index < -0.39 is 30.0 Å². The third-order valence-corrected chi connectivity index (χ3v) is 3.90. The summed E-state index contributed by atoms with van der Waals surface area (Å²) in [7, 11) is 1.30. The lowest BCUT2D eigenvalue weighted by atomic mass is 10.1. The van der Waals surface area contributed by atoms with Gasteiger partial charge in [0.15, 0.2) is 36.1 Å². The van der Waals surface area contributed by atoms with Crippen LogP contribution in [0.5, 0.6) is 5.75 Å². The minimum atomic E-state index is -0.997. The van der Waals surface area contributed by atoms with Gasteiger partial charge in [0.25, 0.3) is 0 Å². The number of rotatable bonds is 7. The van der Waals surface area contributed by atoms with E-state index >= 15 is 0 Å². The fraction of sp³-hybridized carbons (Fsp3) is 0.150. The monoisotopic (exact) mass is 385 g/mol. The third kappa shape index (κ3) is 4.17. The van der Waals surface area contributed by atoms with Crippen molar-refractivity contribution in [1.82, 2.24) is 0 Å². The number of benzene rings is 2. The number of Topliss-reactive ketones (excluding diaryl/α,β-unsaturated/α-hetero) is 2. The molecule has 0 saturated carbocycles. The van der Waals surface area contributed by atoms with Crippen molar-refractivity contribution < 1.29 is 33.0 Å². The van der Waals surface area contributed by atoms with Gasteiger partial charge in [-0.3, -0.25) is 9.59 Å². The SMILES string of the molecule is COc1ccc(C(=O)COC(=O)C2=C(Nc3ccccc3)OCC2=O)cc1F. The summed E-state index contributed by atoms with van der Waals surface area (Å²) in [5, 5.41) is 2.83. The Morgan fingerprint density at radius 1 is 1.18 bits per heavy atom. The van der Waals surface area contributed by atoms with Crippen LogP contribution in [0.1, 0.15) is 10.4 Å². The molecule has 0 bridgehead atoms. The first-order chi connectivity index (χ1) is 13.5. The molecule has 1 heterocycles. The van der Waals surface area contributed by atoms with Gasteiger partial charge in [-0.15, -0.1) is 0 Å². The molecule has 1 N–H and O–H groups in total. The first-order valence-corrected chi connectivity index (χ1v) is 8.26. The average Bonchev–Trinajstić information content (AvgIpc) is 3.06. The van der Waals surface area contributed by atoms with Crippen LogP contribution in [-0.4, -0.2) is 37.9 Å². The van der Waals surface area contributed by atoms with Crippen LogP contribution in [0.3, 0.4) is 0 Å². The average molecular weight is 385 g/mol. The van der Waals surface area contributed by atoms with Gasteiger partial charge in [-0.1, -0.05) is 18.2 Å². The van der Waals surface area contributed by atoms with Crippen molar-refractivity contribution in [3.8, 4) is 5.75 Å². The fourth-order valence-electron chi connectivity index (χ4n) is 2.49. The highest BCUT2D eigenvalue weighted by molar-refractivity contribution is 6.20. The number of esters is 1. The predicted octanol–water partition coefficient (Wildman–Crippen LogP) is 2.48. The Labute approximate surface area is 159 Å². The lowest BCUT2D eigenvalue weighted by Gasteiger charge is -2.09. The summed E-state index contributed by atoms with van der Waals surface area (Å²) in [4.78, 5) is 36.4. The lowest BCUT2D eigenvalue weighted by Crippen LogP contribution is -2.20. The molecule has 0 aliphatic carbocycles. The Bertz CT molecular complexity index is 954. The molecule has 0 amide bonds. The molecule has 1 aliphatic rings. The molecule has 0 saturated heterocycles. The second kappa shape index (κ2) is 8.34. The van der Waals surface area contributed by atoms with Gasteiger partial charge < -0.3 is 19.5 Å². The quantitative estimate of drug-likeness (QED) is 0.445. The fourth-order valence-corrected chi connectivity index (χ4v) is 2.49. The molecular weight excluding hydrogens is 369 g/mol. The minimum Gasteiger partial charge on any atom is -0.494 e. The van der Waals surface area contributed by atoms with Crippen molar-refractivity contribution in [2.24, 2.45) is 0 Å². The number of nitrogens with one attached hydrogen (secondary N) is 1. The molecule has 2 aromatic rings. The van der Waals surface area contributed by atoms with Crippen molar-refractivity contribution in [2.75, 3.05) is 25.6 Å². The van der Waals surface area contributed by atoms with Crippen LogP contribution in [0.4, 0.5) is 10.1 Å². The van der Waals surface area contributed by atoms with Crippen LogP contribution in [0, 0.1) is 5.82 Å². The molecule has 3 rings (SSSR count). The number of carbonyl (C=O) groups excluding carboxylic acids is 3. The van der Waals surface area contributed by atoms with Crippen molar-refractivity contribution in [3.05, 3.63) is 71.4 Å². The number of carbonyl (C=O) groups is 3. The van der Waals surface area contributed by atoms with Gasteiger partial charge in [0.05, 0.1) is 7.11 Å². The molecule has 0 fully saturated rings.